The van der Waals surface area contributed by atoms with Crippen LogP contribution in [0.15, 0.2) is 29.2 Å². The normalized spacial score (nSPS) is 18.2. The molecule has 9 heteroatoms. The quantitative estimate of drug-likeness (QED) is 0.573. The second kappa shape index (κ2) is 10.8. The third-order valence-corrected chi connectivity index (χ3v) is 5.60. The van der Waals surface area contributed by atoms with Gasteiger partial charge >= 0.3 is 0 Å². The largest absolute Gasteiger partial charge is 0.377 e. The van der Waals surface area contributed by atoms with Gasteiger partial charge in [0.25, 0.3) is 0 Å². The zero-order valence-electron chi connectivity index (χ0n) is 14.9. The Kier molecular flexibility index (Phi) is 9.52. The molecule has 2 atom stereocenters. The second-order valence-corrected chi connectivity index (χ2v) is 8.01. The maximum absolute atomic E-state index is 12.3. The summed E-state index contributed by atoms with van der Waals surface area (Å²) < 4.78 is 32.5. The zero-order chi connectivity index (χ0) is 18.3. The first-order chi connectivity index (χ1) is 11.9. The molecule has 1 amide bonds. The van der Waals surface area contributed by atoms with E-state index in [2.05, 4.69) is 10.0 Å². The van der Waals surface area contributed by atoms with Crippen molar-refractivity contribution in [1.29, 1.82) is 0 Å². The molecule has 1 heterocycles. The van der Waals surface area contributed by atoms with Gasteiger partial charge in [0.2, 0.25) is 15.9 Å². The number of nitrogens with one attached hydrogen (secondary N) is 2. The topological polar surface area (TPSA) is 111 Å². The lowest BCUT2D eigenvalue weighted by atomic mass is 10.1. The molecule has 0 saturated carbocycles. The summed E-state index contributed by atoms with van der Waals surface area (Å²) in [5, 5.41) is 2.76. The molecule has 0 aliphatic carbocycles. The van der Waals surface area contributed by atoms with Gasteiger partial charge in [-0.1, -0.05) is 25.5 Å². The molecule has 0 aromatic heterocycles. The minimum absolute atomic E-state index is 0. The van der Waals surface area contributed by atoms with E-state index in [0.717, 1.165) is 24.8 Å². The van der Waals surface area contributed by atoms with Crippen LogP contribution >= 0.6 is 12.4 Å². The van der Waals surface area contributed by atoms with Crippen molar-refractivity contribution >= 4 is 28.3 Å². The number of hydrogen-bond donors (Lipinski definition) is 3. The van der Waals surface area contributed by atoms with Crippen molar-refractivity contribution in [3.05, 3.63) is 29.8 Å². The van der Waals surface area contributed by atoms with E-state index in [-0.39, 0.29) is 35.9 Å². The Bertz CT molecular complexity index is 661. The average molecular weight is 406 g/mol. The summed E-state index contributed by atoms with van der Waals surface area (Å²) in [4.78, 5) is 12.0. The number of carbonyl (C=O) groups is 1. The van der Waals surface area contributed by atoms with Crippen molar-refractivity contribution < 1.29 is 17.9 Å². The summed E-state index contributed by atoms with van der Waals surface area (Å²) in [5.41, 5.74) is 6.56. The maximum Gasteiger partial charge on any atom is 0.240 e. The van der Waals surface area contributed by atoms with Gasteiger partial charge in [0, 0.05) is 19.7 Å². The Balaban J connectivity index is 0.00000338. The number of carbonyl (C=O) groups excluding carboxylic acids is 1. The molecular weight excluding hydrogens is 378 g/mol. The van der Waals surface area contributed by atoms with E-state index in [4.69, 9.17) is 10.5 Å². The molecule has 1 aromatic carbocycles. The SMILES string of the molecule is CCCC(N)C(=O)NCc1ccc(S(=O)(=O)NCC2CCCO2)cc1.Cl. The Morgan fingerprint density at radius 1 is 1.35 bits per heavy atom. The summed E-state index contributed by atoms with van der Waals surface area (Å²) in [6, 6.07) is 5.93. The van der Waals surface area contributed by atoms with Gasteiger partial charge in [-0.25, -0.2) is 13.1 Å². The molecule has 26 heavy (non-hydrogen) atoms. The molecule has 1 saturated heterocycles. The van der Waals surface area contributed by atoms with E-state index in [1.165, 1.54) is 12.1 Å². The molecule has 0 spiro atoms. The van der Waals surface area contributed by atoms with Crippen molar-refractivity contribution in [2.45, 2.75) is 56.2 Å². The Labute approximate surface area is 161 Å². The van der Waals surface area contributed by atoms with Crippen LogP contribution in [0.5, 0.6) is 0 Å². The lowest BCUT2D eigenvalue weighted by Crippen LogP contribution is -2.40. The standard InChI is InChI=1S/C17H27N3O4S.ClH/c1-2-4-16(18)17(21)19-11-13-6-8-15(9-7-13)25(22,23)20-12-14-5-3-10-24-14;/h6-9,14,16,20H,2-5,10-12,18H2,1H3,(H,19,21);1H. The molecule has 0 bridgehead atoms. The lowest BCUT2D eigenvalue weighted by molar-refractivity contribution is -0.122. The highest BCUT2D eigenvalue weighted by molar-refractivity contribution is 7.89. The van der Waals surface area contributed by atoms with Crippen molar-refractivity contribution in [2.75, 3.05) is 13.2 Å². The molecule has 148 valence electrons. The van der Waals surface area contributed by atoms with Gasteiger partial charge in [0.1, 0.15) is 0 Å². The highest BCUT2D eigenvalue weighted by Gasteiger charge is 2.20. The van der Waals surface area contributed by atoms with E-state index in [1.807, 2.05) is 6.92 Å². The van der Waals surface area contributed by atoms with Crippen LogP contribution in [0.25, 0.3) is 0 Å². The Hall–Kier alpha value is -1.19. The number of sulfonamides is 1. The van der Waals surface area contributed by atoms with Crippen molar-refractivity contribution in [3.63, 3.8) is 0 Å². The minimum atomic E-state index is -3.55. The highest BCUT2D eigenvalue weighted by atomic mass is 35.5. The summed E-state index contributed by atoms with van der Waals surface area (Å²) in [5.74, 6) is -0.197. The Morgan fingerprint density at radius 2 is 2.04 bits per heavy atom. The monoisotopic (exact) mass is 405 g/mol. The van der Waals surface area contributed by atoms with Crippen LogP contribution in [0.2, 0.25) is 0 Å². The molecule has 7 nitrogen and oxygen atoms in total. The third-order valence-electron chi connectivity index (χ3n) is 4.16. The number of hydrogen-bond acceptors (Lipinski definition) is 5. The molecule has 1 aliphatic heterocycles. The molecule has 1 aliphatic rings. The van der Waals surface area contributed by atoms with Crippen LogP contribution < -0.4 is 15.8 Å². The summed E-state index contributed by atoms with van der Waals surface area (Å²) in [6.07, 6.45) is 3.28. The van der Waals surface area contributed by atoms with E-state index >= 15 is 0 Å². The summed E-state index contributed by atoms with van der Waals surface area (Å²) in [6.45, 7) is 3.27. The number of nitrogens with two attached hydrogens (primary N) is 1. The van der Waals surface area contributed by atoms with Gasteiger partial charge in [0.05, 0.1) is 17.0 Å². The number of amides is 1. The molecule has 0 radical (unpaired) electrons. The molecule has 2 unspecified atom stereocenters. The molecule has 1 aromatic rings. The van der Waals surface area contributed by atoms with Crippen LogP contribution in [0.4, 0.5) is 0 Å². The van der Waals surface area contributed by atoms with E-state index in [1.54, 1.807) is 12.1 Å². The fourth-order valence-electron chi connectivity index (χ4n) is 2.64. The van der Waals surface area contributed by atoms with Crippen molar-refractivity contribution in [1.82, 2.24) is 10.0 Å². The molecule has 4 N–H and O–H groups in total. The molecule has 1 fully saturated rings. The van der Waals surface area contributed by atoms with Crippen molar-refractivity contribution in [2.24, 2.45) is 5.73 Å². The van der Waals surface area contributed by atoms with Crippen LogP contribution in [0, 0.1) is 0 Å². The second-order valence-electron chi connectivity index (χ2n) is 6.24. The Morgan fingerprint density at radius 3 is 2.62 bits per heavy atom. The first-order valence-electron chi connectivity index (χ1n) is 8.66. The average Bonchev–Trinajstić information content (AvgIpc) is 3.12. The fourth-order valence-corrected chi connectivity index (χ4v) is 3.71. The minimum Gasteiger partial charge on any atom is -0.377 e. The van der Waals surface area contributed by atoms with Gasteiger partial charge < -0.3 is 15.8 Å². The zero-order valence-corrected chi connectivity index (χ0v) is 16.6. The van der Waals surface area contributed by atoms with Crippen LogP contribution in [-0.4, -0.2) is 39.6 Å². The molecular formula is C17H28ClN3O4S. The first-order valence-corrected chi connectivity index (χ1v) is 10.1. The van der Waals surface area contributed by atoms with E-state index in [0.29, 0.717) is 19.6 Å². The number of ether oxygens (including phenoxy) is 1. The summed E-state index contributed by atoms with van der Waals surface area (Å²) >= 11 is 0. The third kappa shape index (κ3) is 6.85. The number of benzene rings is 1. The molecule has 2 rings (SSSR count). The van der Waals surface area contributed by atoms with Crippen LogP contribution in [0.1, 0.15) is 38.2 Å². The van der Waals surface area contributed by atoms with Gasteiger partial charge in [-0.3, -0.25) is 4.79 Å². The number of halogens is 1. The van der Waals surface area contributed by atoms with Crippen LogP contribution in [-0.2, 0) is 26.1 Å². The van der Waals surface area contributed by atoms with E-state index in [9.17, 15) is 13.2 Å². The highest BCUT2D eigenvalue weighted by Crippen LogP contribution is 2.14. The van der Waals surface area contributed by atoms with Gasteiger partial charge in [-0.15, -0.1) is 12.4 Å². The predicted molar refractivity (Wildman–Crippen MR) is 103 cm³/mol. The summed E-state index contributed by atoms with van der Waals surface area (Å²) in [7, 11) is -3.55. The van der Waals surface area contributed by atoms with Crippen LogP contribution in [0.3, 0.4) is 0 Å². The van der Waals surface area contributed by atoms with Crippen molar-refractivity contribution in [3.8, 4) is 0 Å². The predicted octanol–water partition coefficient (Wildman–Crippen LogP) is 1.31. The van der Waals surface area contributed by atoms with Gasteiger partial charge in [0.15, 0.2) is 0 Å². The fraction of sp³-hybridized carbons (Fsp3) is 0.588. The lowest BCUT2D eigenvalue weighted by Gasteiger charge is -2.13. The first kappa shape index (κ1) is 22.9. The number of rotatable bonds is 9. The smallest absolute Gasteiger partial charge is 0.240 e. The maximum atomic E-state index is 12.3. The van der Waals surface area contributed by atoms with E-state index < -0.39 is 16.1 Å². The van der Waals surface area contributed by atoms with Gasteiger partial charge in [-0.2, -0.15) is 0 Å². The van der Waals surface area contributed by atoms with Gasteiger partial charge in [-0.05, 0) is 37.0 Å².